The molecule has 0 radical (unpaired) electrons. The number of hydrogen-bond donors (Lipinski definition) is 0. The van der Waals surface area contributed by atoms with Crippen LogP contribution in [0.2, 0.25) is 0 Å². The van der Waals surface area contributed by atoms with E-state index >= 15 is 0 Å². The SMILES string of the molecule is Fc1cc(F)c(Oc2ccc(I)cc2)nc1F. The lowest BCUT2D eigenvalue weighted by Crippen LogP contribution is -1.97. The molecular weight excluding hydrogens is 346 g/mol. The average molecular weight is 351 g/mol. The molecule has 88 valence electrons. The number of halogens is 4. The molecule has 0 atom stereocenters. The summed E-state index contributed by atoms with van der Waals surface area (Å²) < 4.78 is 44.6. The minimum absolute atomic E-state index is 0.294. The fourth-order valence-electron chi connectivity index (χ4n) is 1.11. The zero-order chi connectivity index (χ0) is 12.4. The lowest BCUT2D eigenvalue weighted by molar-refractivity contribution is 0.387. The molecule has 0 bridgehead atoms. The molecule has 1 aromatic heterocycles. The molecule has 2 nitrogen and oxygen atoms in total. The molecule has 0 aliphatic heterocycles. The van der Waals surface area contributed by atoms with E-state index in [-0.39, 0.29) is 0 Å². The van der Waals surface area contributed by atoms with Crippen LogP contribution in [0.1, 0.15) is 0 Å². The number of aromatic nitrogens is 1. The highest BCUT2D eigenvalue weighted by atomic mass is 127. The molecule has 1 aromatic carbocycles. The summed E-state index contributed by atoms with van der Waals surface area (Å²) in [6, 6.07) is 7.00. The van der Waals surface area contributed by atoms with E-state index in [2.05, 4.69) is 27.6 Å². The van der Waals surface area contributed by atoms with E-state index in [4.69, 9.17) is 4.74 Å². The second-order valence-electron chi connectivity index (χ2n) is 3.10. The molecule has 0 unspecified atom stereocenters. The predicted octanol–water partition coefficient (Wildman–Crippen LogP) is 3.90. The summed E-state index contributed by atoms with van der Waals surface area (Å²) in [5, 5.41) is 0. The van der Waals surface area contributed by atoms with Crippen LogP contribution >= 0.6 is 22.6 Å². The molecule has 0 amide bonds. The van der Waals surface area contributed by atoms with Gasteiger partial charge in [0.15, 0.2) is 11.6 Å². The Morgan fingerprint density at radius 1 is 1.00 bits per heavy atom. The number of hydrogen-bond acceptors (Lipinski definition) is 2. The smallest absolute Gasteiger partial charge is 0.258 e. The van der Waals surface area contributed by atoms with Gasteiger partial charge in [-0.1, -0.05) is 0 Å². The van der Waals surface area contributed by atoms with Crippen molar-refractivity contribution in [3.63, 3.8) is 0 Å². The van der Waals surface area contributed by atoms with Crippen LogP contribution in [-0.2, 0) is 0 Å². The van der Waals surface area contributed by atoms with E-state index in [9.17, 15) is 13.2 Å². The van der Waals surface area contributed by atoms with Gasteiger partial charge in [0.05, 0.1) is 0 Å². The Kier molecular flexibility index (Phi) is 3.51. The highest BCUT2D eigenvalue weighted by molar-refractivity contribution is 14.1. The van der Waals surface area contributed by atoms with E-state index in [0.717, 1.165) is 3.57 Å². The summed E-state index contributed by atoms with van der Waals surface area (Å²) in [5.41, 5.74) is 0. The van der Waals surface area contributed by atoms with Crippen molar-refractivity contribution in [1.82, 2.24) is 4.98 Å². The van der Waals surface area contributed by atoms with Gasteiger partial charge in [0, 0.05) is 9.64 Å². The standard InChI is InChI=1S/C11H5F3INO/c12-8-5-9(13)11(16-10(8)14)17-7-3-1-6(15)2-4-7/h1-5H. The molecule has 6 heteroatoms. The Hall–Kier alpha value is -1.31. The second-order valence-corrected chi connectivity index (χ2v) is 4.35. The largest absolute Gasteiger partial charge is 0.436 e. The van der Waals surface area contributed by atoms with E-state index in [1.165, 1.54) is 0 Å². The molecule has 0 aliphatic rings. The Morgan fingerprint density at radius 2 is 1.65 bits per heavy atom. The van der Waals surface area contributed by atoms with Gasteiger partial charge in [0.25, 0.3) is 11.8 Å². The zero-order valence-electron chi connectivity index (χ0n) is 8.25. The van der Waals surface area contributed by atoms with E-state index < -0.39 is 23.5 Å². The molecule has 0 aliphatic carbocycles. The number of rotatable bonds is 2. The molecule has 17 heavy (non-hydrogen) atoms. The number of nitrogens with zero attached hydrogens (tertiary/aromatic N) is 1. The topological polar surface area (TPSA) is 22.1 Å². The first-order valence-electron chi connectivity index (χ1n) is 4.51. The fraction of sp³-hybridized carbons (Fsp3) is 0. The summed E-state index contributed by atoms with van der Waals surface area (Å²) in [5.74, 6) is -4.10. The van der Waals surface area contributed by atoms with E-state index in [1.54, 1.807) is 24.3 Å². The van der Waals surface area contributed by atoms with Crippen LogP contribution in [0.25, 0.3) is 0 Å². The van der Waals surface area contributed by atoms with Gasteiger partial charge in [0.1, 0.15) is 5.75 Å². The third kappa shape index (κ3) is 2.87. The molecule has 0 saturated heterocycles. The van der Waals surface area contributed by atoms with Crippen molar-refractivity contribution >= 4 is 22.6 Å². The molecule has 0 spiro atoms. The van der Waals surface area contributed by atoms with Crippen molar-refractivity contribution in [2.24, 2.45) is 0 Å². The monoisotopic (exact) mass is 351 g/mol. The fourth-order valence-corrected chi connectivity index (χ4v) is 1.47. The molecule has 0 saturated carbocycles. The lowest BCUT2D eigenvalue weighted by atomic mass is 10.3. The van der Waals surface area contributed by atoms with Gasteiger partial charge in [0.2, 0.25) is 0 Å². The summed E-state index contributed by atoms with van der Waals surface area (Å²) in [6.07, 6.45) is 0. The Morgan fingerprint density at radius 3 is 2.29 bits per heavy atom. The first kappa shape index (κ1) is 12.2. The maximum absolute atomic E-state index is 13.2. The third-order valence-corrected chi connectivity index (χ3v) is 2.60. The van der Waals surface area contributed by atoms with Crippen molar-refractivity contribution in [2.45, 2.75) is 0 Å². The molecule has 2 aromatic rings. The quantitative estimate of drug-likeness (QED) is 0.605. The summed E-state index contributed by atoms with van der Waals surface area (Å²) >= 11 is 2.09. The van der Waals surface area contributed by atoms with Crippen LogP contribution in [0.15, 0.2) is 30.3 Å². The van der Waals surface area contributed by atoms with Gasteiger partial charge in [-0.25, -0.2) is 8.78 Å². The second kappa shape index (κ2) is 4.91. The van der Waals surface area contributed by atoms with E-state index in [1.807, 2.05) is 0 Å². The summed E-state index contributed by atoms with van der Waals surface area (Å²) in [4.78, 5) is 3.05. The van der Waals surface area contributed by atoms with Crippen LogP contribution < -0.4 is 4.74 Å². The maximum atomic E-state index is 13.2. The summed E-state index contributed by atoms with van der Waals surface area (Å²) in [6.45, 7) is 0. The minimum Gasteiger partial charge on any atom is -0.436 e. The molecule has 2 rings (SSSR count). The van der Waals surface area contributed by atoms with Crippen molar-refractivity contribution in [3.05, 3.63) is 51.5 Å². The van der Waals surface area contributed by atoms with Gasteiger partial charge in [-0.15, -0.1) is 0 Å². The predicted molar refractivity (Wildman–Crippen MR) is 63.3 cm³/mol. The van der Waals surface area contributed by atoms with Gasteiger partial charge < -0.3 is 4.74 Å². The number of benzene rings is 1. The first-order valence-corrected chi connectivity index (χ1v) is 5.59. The molecular formula is C11H5F3INO. The van der Waals surface area contributed by atoms with Crippen molar-refractivity contribution < 1.29 is 17.9 Å². The summed E-state index contributed by atoms with van der Waals surface area (Å²) in [7, 11) is 0. The molecule has 0 fully saturated rings. The highest BCUT2D eigenvalue weighted by Crippen LogP contribution is 2.24. The van der Waals surface area contributed by atoms with Crippen LogP contribution in [-0.4, -0.2) is 4.98 Å². The lowest BCUT2D eigenvalue weighted by Gasteiger charge is -2.05. The third-order valence-electron chi connectivity index (χ3n) is 1.88. The van der Waals surface area contributed by atoms with Gasteiger partial charge in [-0.2, -0.15) is 9.37 Å². The number of pyridine rings is 1. The minimum atomic E-state index is -1.40. The van der Waals surface area contributed by atoms with Gasteiger partial charge in [-0.3, -0.25) is 0 Å². The van der Waals surface area contributed by atoms with Gasteiger partial charge >= 0.3 is 0 Å². The average Bonchev–Trinajstić information content (AvgIpc) is 2.29. The van der Waals surface area contributed by atoms with E-state index in [0.29, 0.717) is 11.8 Å². The normalized spacial score (nSPS) is 10.4. The maximum Gasteiger partial charge on any atom is 0.258 e. The van der Waals surface area contributed by atoms with Crippen LogP contribution in [0, 0.1) is 21.2 Å². The van der Waals surface area contributed by atoms with Crippen LogP contribution in [0.4, 0.5) is 13.2 Å². The highest BCUT2D eigenvalue weighted by Gasteiger charge is 2.13. The first-order chi connectivity index (χ1) is 8.06. The van der Waals surface area contributed by atoms with Crippen LogP contribution in [0.5, 0.6) is 11.6 Å². The van der Waals surface area contributed by atoms with Gasteiger partial charge in [-0.05, 0) is 46.9 Å². The van der Waals surface area contributed by atoms with Crippen molar-refractivity contribution in [2.75, 3.05) is 0 Å². The molecule has 1 heterocycles. The van der Waals surface area contributed by atoms with Crippen molar-refractivity contribution in [3.8, 4) is 11.6 Å². The Bertz CT molecular complexity index is 545. The Balaban J connectivity index is 2.30. The van der Waals surface area contributed by atoms with Crippen molar-refractivity contribution in [1.29, 1.82) is 0 Å². The Labute approximate surface area is 109 Å². The molecule has 0 N–H and O–H groups in total. The number of ether oxygens (including phenoxy) is 1. The van der Waals surface area contributed by atoms with Crippen LogP contribution in [0.3, 0.4) is 0 Å². The zero-order valence-corrected chi connectivity index (χ0v) is 10.4.